The Bertz CT molecular complexity index is 819. The number of anilines is 2. The van der Waals surface area contributed by atoms with E-state index in [1.165, 1.54) is 0 Å². The second-order valence-electron chi connectivity index (χ2n) is 5.61. The molecule has 0 atom stereocenters. The number of benzene rings is 1. The molecule has 1 aromatic heterocycles. The van der Waals surface area contributed by atoms with Crippen molar-refractivity contribution in [2.75, 3.05) is 17.7 Å². The first-order valence-electron chi connectivity index (χ1n) is 8.25. The summed E-state index contributed by atoms with van der Waals surface area (Å²) in [6.07, 6.45) is 1.52. The highest BCUT2D eigenvalue weighted by molar-refractivity contribution is 6.07. The molecule has 130 valence electrons. The lowest BCUT2D eigenvalue weighted by Gasteiger charge is -2.11. The van der Waals surface area contributed by atoms with E-state index in [4.69, 9.17) is 10.5 Å². The Morgan fingerprint density at radius 3 is 2.84 bits per heavy atom. The second-order valence-corrected chi connectivity index (χ2v) is 5.61. The molecule has 2 rings (SSSR count). The highest BCUT2D eigenvalue weighted by atomic mass is 16.5. The zero-order valence-corrected chi connectivity index (χ0v) is 14.8. The molecule has 0 saturated carbocycles. The molecule has 0 bridgehead atoms. The third kappa shape index (κ3) is 5.25. The number of hydrogen-bond acceptors (Lipinski definition) is 4. The van der Waals surface area contributed by atoms with E-state index < -0.39 is 0 Å². The first kappa shape index (κ1) is 18.3. The summed E-state index contributed by atoms with van der Waals surface area (Å²) in [5.74, 6) is 6.64. The molecule has 0 aliphatic heterocycles. The van der Waals surface area contributed by atoms with Gasteiger partial charge in [0.1, 0.15) is 11.6 Å². The molecule has 5 heteroatoms. The fourth-order valence-corrected chi connectivity index (χ4v) is 2.20. The number of hydrogen-bond donors (Lipinski definition) is 2. The van der Waals surface area contributed by atoms with E-state index in [-0.39, 0.29) is 11.7 Å². The summed E-state index contributed by atoms with van der Waals surface area (Å²) in [6.45, 7) is 6.28. The fourth-order valence-electron chi connectivity index (χ4n) is 2.20. The summed E-state index contributed by atoms with van der Waals surface area (Å²) in [5, 5.41) is 2.83. The summed E-state index contributed by atoms with van der Waals surface area (Å²) in [7, 11) is 0. The number of carbonyl (C=O) groups excluding carboxylic acids is 1. The van der Waals surface area contributed by atoms with Crippen LogP contribution in [0.5, 0.6) is 5.75 Å². The van der Waals surface area contributed by atoms with Crippen molar-refractivity contribution in [1.82, 2.24) is 4.98 Å². The van der Waals surface area contributed by atoms with Crippen molar-refractivity contribution in [3.8, 4) is 17.6 Å². The molecule has 0 aliphatic rings. The fraction of sp³-hybridized carbons (Fsp3) is 0.300. The van der Waals surface area contributed by atoms with Crippen LogP contribution in [0.3, 0.4) is 0 Å². The van der Waals surface area contributed by atoms with E-state index in [9.17, 15) is 4.79 Å². The Labute approximate surface area is 148 Å². The van der Waals surface area contributed by atoms with Crippen LogP contribution in [0.2, 0.25) is 0 Å². The van der Waals surface area contributed by atoms with Gasteiger partial charge in [0.25, 0.3) is 5.91 Å². The first-order valence-corrected chi connectivity index (χ1v) is 8.25. The smallest absolute Gasteiger partial charge is 0.259 e. The van der Waals surface area contributed by atoms with Crippen molar-refractivity contribution in [3.05, 3.63) is 47.2 Å². The van der Waals surface area contributed by atoms with Gasteiger partial charge in [-0.15, -0.1) is 5.92 Å². The lowest BCUT2D eigenvalue weighted by Crippen LogP contribution is -2.16. The lowest BCUT2D eigenvalue weighted by atomic mass is 10.1. The van der Waals surface area contributed by atoms with Gasteiger partial charge in [0, 0.05) is 30.3 Å². The molecule has 1 aromatic carbocycles. The maximum atomic E-state index is 12.5. The van der Waals surface area contributed by atoms with Gasteiger partial charge in [0.05, 0.1) is 12.2 Å². The minimum absolute atomic E-state index is 0.225. The molecule has 0 aliphatic carbocycles. The van der Waals surface area contributed by atoms with E-state index in [1.54, 1.807) is 18.2 Å². The zero-order valence-electron chi connectivity index (χ0n) is 14.8. The van der Waals surface area contributed by atoms with Crippen LogP contribution in [-0.2, 0) is 0 Å². The van der Waals surface area contributed by atoms with Crippen molar-refractivity contribution >= 4 is 17.4 Å². The Balaban J connectivity index is 2.04. The summed E-state index contributed by atoms with van der Waals surface area (Å²) in [4.78, 5) is 16.6. The van der Waals surface area contributed by atoms with Gasteiger partial charge in [0.15, 0.2) is 0 Å². The average Bonchev–Trinajstić information content (AvgIpc) is 2.58. The molecule has 1 amide bonds. The van der Waals surface area contributed by atoms with Crippen molar-refractivity contribution in [1.29, 1.82) is 0 Å². The van der Waals surface area contributed by atoms with Crippen molar-refractivity contribution in [2.24, 2.45) is 0 Å². The lowest BCUT2D eigenvalue weighted by molar-refractivity contribution is 0.102. The standard InChI is InChI=1S/C20H23N3O2/c1-4-5-6-7-11-25-17-10-8-9-16(13-17)23-20(24)18-12-14(2)15(3)22-19(18)21/h8-10,12-13H,4,7,11H2,1-3H3,(H2,21,22)(H,23,24). The monoisotopic (exact) mass is 337 g/mol. The van der Waals surface area contributed by atoms with Gasteiger partial charge in [-0.2, -0.15) is 0 Å². The number of pyridine rings is 1. The van der Waals surface area contributed by atoms with Crippen LogP contribution >= 0.6 is 0 Å². The molecule has 0 saturated heterocycles. The summed E-state index contributed by atoms with van der Waals surface area (Å²) in [5.41, 5.74) is 8.61. The van der Waals surface area contributed by atoms with Gasteiger partial charge < -0.3 is 15.8 Å². The van der Waals surface area contributed by atoms with Crippen molar-refractivity contribution in [3.63, 3.8) is 0 Å². The number of aryl methyl sites for hydroxylation is 2. The first-order chi connectivity index (χ1) is 12.0. The minimum atomic E-state index is -0.293. The van der Waals surface area contributed by atoms with Crippen molar-refractivity contribution in [2.45, 2.75) is 33.6 Å². The number of carbonyl (C=O) groups is 1. The highest BCUT2D eigenvalue weighted by Crippen LogP contribution is 2.20. The number of nitrogens with zero attached hydrogens (tertiary/aromatic N) is 1. The van der Waals surface area contributed by atoms with Crippen LogP contribution in [0.1, 0.15) is 41.4 Å². The number of ether oxygens (including phenoxy) is 1. The number of nitrogens with two attached hydrogens (primary N) is 1. The Morgan fingerprint density at radius 1 is 1.28 bits per heavy atom. The molecule has 0 spiro atoms. The van der Waals surface area contributed by atoms with Gasteiger partial charge in [-0.1, -0.05) is 18.9 Å². The predicted octanol–water partition coefficient (Wildman–Crippen LogP) is 3.72. The van der Waals surface area contributed by atoms with Gasteiger partial charge >= 0.3 is 0 Å². The van der Waals surface area contributed by atoms with Gasteiger partial charge in [-0.3, -0.25) is 4.79 Å². The molecule has 0 fully saturated rings. The maximum Gasteiger partial charge on any atom is 0.259 e. The third-order valence-electron chi connectivity index (χ3n) is 3.63. The van der Waals surface area contributed by atoms with Crippen molar-refractivity contribution < 1.29 is 9.53 Å². The van der Waals surface area contributed by atoms with E-state index in [2.05, 4.69) is 22.1 Å². The normalized spacial score (nSPS) is 9.88. The largest absolute Gasteiger partial charge is 0.493 e. The van der Waals surface area contributed by atoms with Crippen LogP contribution in [0, 0.1) is 25.7 Å². The van der Waals surface area contributed by atoms with Crippen LogP contribution in [0.25, 0.3) is 0 Å². The SMILES string of the molecule is CCC#CCCOc1cccc(NC(=O)c2cc(C)c(C)nc2N)c1. The predicted molar refractivity (Wildman–Crippen MR) is 101 cm³/mol. The summed E-state index contributed by atoms with van der Waals surface area (Å²) < 4.78 is 5.65. The Kier molecular flexibility index (Phi) is 6.41. The van der Waals surface area contributed by atoms with Gasteiger partial charge in [-0.05, 0) is 37.6 Å². The van der Waals surface area contributed by atoms with E-state index in [0.717, 1.165) is 17.7 Å². The number of nitrogen functional groups attached to an aromatic ring is 1. The highest BCUT2D eigenvalue weighted by Gasteiger charge is 2.13. The molecule has 0 unspecified atom stereocenters. The van der Waals surface area contributed by atoms with E-state index in [0.29, 0.717) is 30.0 Å². The number of amides is 1. The van der Waals surface area contributed by atoms with Gasteiger partial charge in [0.2, 0.25) is 0 Å². The average molecular weight is 337 g/mol. The molecular weight excluding hydrogens is 314 g/mol. The topological polar surface area (TPSA) is 77.2 Å². The summed E-state index contributed by atoms with van der Waals surface area (Å²) in [6, 6.07) is 8.99. The molecule has 1 heterocycles. The van der Waals surface area contributed by atoms with Crippen LogP contribution < -0.4 is 15.8 Å². The van der Waals surface area contributed by atoms with E-state index in [1.807, 2.05) is 32.9 Å². The molecule has 2 aromatic rings. The maximum absolute atomic E-state index is 12.5. The Morgan fingerprint density at radius 2 is 2.08 bits per heavy atom. The molecule has 5 nitrogen and oxygen atoms in total. The number of nitrogens with one attached hydrogen (secondary N) is 1. The van der Waals surface area contributed by atoms with Gasteiger partial charge in [-0.25, -0.2) is 4.98 Å². The molecule has 25 heavy (non-hydrogen) atoms. The van der Waals surface area contributed by atoms with Crippen LogP contribution in [-0.4, -0.2) is 17.5 Å². The zero-order chi connectivity index (χ0) is 18.2. The number of rotatable bonds is 5. The molecule has 3 N–H and O–H groups in total. The number of aromatic nitrogens is 1. The van der Waals surface area contributed by atoms with Crippen LogP contribution in [0.15, 0.2) is 30.3 Å². The second kappa shape index (κ2) is 8.74. The molecular formula is C20H23N3O2. The van der Waals surface area contributed by atoms with Crippen LogP contribution in [0.4, 0.5) is 11.5 Å². The minimum Gasteiger partial charge on any atom is -0.493 e. The third-order valence-corrected chi connectivity index (χ3v) is 3.63. The quantitative estimate of drug-likeness (QED) is 0.644. The Hall–Kier alpha value is -3.00. The summed E-state index contributed by atoms with van der Waals surface area (Å²) >= 11 is 0. The molecule has 0 radical (unpaired) electrons. The van der Waals surface area contributed by atoms with E-state index >= 15 is 0 Å².